The average molecular weight is 352 g/mol. The van der Waals surface area contributed by atoms with E-state index in [9.17, 15) is 0 Å². The SMILES string of the molecule is Clc1cc(Cl)c(Br)c(I)c1. The Kier molecular flexibility index (Phi) is 3.28. The Hall–Kier alpha value is 1.01. The highest BCUT2D eigenvalue weighted by molar-refractivity contribution is 14.1. The summed E-state index contributed by atoms with van der Waals surface area (Å²) in [6, 6.07) is 3.55. The lowest BCUT2D eigenvalue weighted by Crippen LogP contribution is -1.75. The van der Waals surface area contributed by atoms with E-state index in [1.54, 1.807) is 6.07 Å². The molecule has 0 aromatic heterocycles. The second-order valence-electron chi connectivity index (χ2n) is 1.68. The molecule has 0 unspecified atom stereocenters. The molecule has 0 spiro atoms. The van der Waals surface area contributed by atoms with Crippen molar-refractivity contribution in [3.63, 3.8) is 0 Å². The van der Waals surface area contributed by atoms with Crippen LogP contribution in [-0.2, 0) is 0 Å². The van der Waals surface area contributed by atoms with Crippen molar-refractivity contribution in [2.45, 2.75) is 0 Å². The van der Waals surface area contributed by atoms with E-state index >= 15 is 0 Å². The van der Waals surface area contributed by atoms with Gasteiger partial charge in [-0.15, -0.1) is 0 Å². The molecule has 0 bridgehead atoms. The predicted octanol–water partition coefficient (Wildman–Crippen LogP) is 4.36. The Bertz CT molecular complexity index is 239. The van der Waals surface area contributed by atoms with Crippen LogP contribution in [0.3, 0.4) is 0 Å². The molecule has 0 aliphatic rings. The molecule has 10 heavy (non-hydrogen) atoms. The van der Waals surface area contributed by atoms with Crippen LogP contribution in [0, 0.1) is 3.57 Å². The molecular formula is C6H2BrCl2I. The van der Waals surface area contributed by atoms with Gasteiger partial charge in [-0.1, -0.05) is 23.2 Å². The van der Waals surface area contributed by atoms with Crippen LogP contribution in [-0.4, -0.2) is 0 Å². The van der Waals surface area contributed by atoms with Gasteiger partial charge in [-0.3, -0.25) is 0 Å². The third-order valence-corrected chi connectivity index (χ3v) is 4.14. The lowest BCUT2D eigenvalue weighted by molar-refractivity contribution is 1.58. The van der Waals surface area contributed by atoms with Gasteiger partial charge in [0, 0.05) is 13.1 Å². The molecule has 4 heteroatoms. The van der Waals surface area contributed by atoms with Crippen LogP contribution in [0.1, 0.15) is 0 Å². The Balaban J connectivity index is 3.31. The molecule has 0 N–H and O–H groups in total. The smallest absolute Gasteiger partial charge is 0.0573 e. The average Bonchev–Trinajstić information content (AvgIpc) is 1.82. The van der Waals surface area contributed by atoms with Gasteiger partial charge in [-0.05, 0) is 50.7 Å². The minimum Gasteiger partial charge on any atom is -0.0842 e. The van der Waals surface area contributed by atoms with Gasteiger partial charge in [0.2, 0.25) is 0 Å². The summed E-state index contributed by atoms with van der Waals surface area (Å²) in [6.45, 7) is 0. The van der Waals surface area contributed by atoms with Crippen molar-refractivity contribution in [2.24, 2.45) is 0 Å². The van der Waals surface area contributed by atoms with Gasteiger partial charge in [0.25, 0.3) is 0 Å². The van der Waals surface area contributed by atoms with Gasteiger partial charge in [0.1, 0.15) is 0 Å². The normalized spacial score (nSPS) is 10.0. The van der Waals surface area contributed by atoms with E-state index < -0.39 is 0 Å². The summed E-state index contributed by atoms with van der Waals surface area (Å²) >= 11 is 17.0. The quantitative estimate of drug-likeness (QED) is 0.370. The molecule has 0 fully saturated rings. The highest BCUT2D eigenvalue weighted by Crippen LogP contribution is 2.30. The van der Waals surface area contributed by atoms with Crippen LogP contribution in [0.2, 0.25) is 10.0 Å². The maximum Gasteiger partial charge on any atom is 0.0573 e. The van der Waals surface area contributed by atoms with Gasteiger partial charge in [0.05, 0.1) is 5.02 Å². The van der Waals surface area contributed by atoms with Crippen molar-refractivity contribution in [3.05, 3.63) is 30.2 Å². The summed E-state index contributed by atoms with van der Waals surface area (Å²) < 4.78 is 1.93. The summed E-state index contributed by atoms with van der Waals surface area (Å²) in [6.07, 6.45) is 0. The monoisotopic (exact) mass is 350 g/mol. The van der Waals surface area contributed by atoms with Crippen molar-refractivity contribution in [3.8, 4) is 0 Å². The predicted molar refractivity (Wildman–Crippen MR) is 56.9 cm³/mol. The highest BCUT2D eigenvalue weighted by atomic mass is 127. The number of halogens is 4. The first-order valence-electron chi connectivity index (χ1n) is 2.41. The summed E-state index contributed by atoms with van der Waals surface area (Å²) in [7, 11) is 0. The first kappa shape index (κ1) is 9.10. The summed E-state index contributed by atoms with van der Waals surface area (Å²) in [5.41, 5.74) is 0. The standard InChI is InChI=1S/C6H2BrCl2I/c7-6-4(9)1-3(8)2-5(6)10/h1-2H. The van der Waals surface area contributed by atoms with Gasteiger partial charge in [-0.2, -0.15) is 0 Å². The molecule has 0 saturated carbocycles. The lowest BCUT2D eigenvalue weighted by atomic mass is 10.4. The molecule has 0 radical (unpaired) electrons. The molecule has 0 aliphatic carbocycles. The van der Waals surface area contributed by atoms with E-state index in [0.717, 1.165) is 8.04 Å². The van der Waals surface area contributed by atoms with Crippen LogP contribution in [0.5, 0.6) is 0 Å². The lowest BCUT2D eigenvalue weighted by Gasteiger charge is -1.98. The Morgan fingerprint density at radius 1 is 1.30 bits per heavy atom. The van der Waals surface area contributed by atoms with Crippen molar-refractivity contribution < 1.29 is 0 Å². The van der Waals surface area contributed by atoms with Crippen molar-refractivity contribution in [1.29, 1.82) is 0 Å². The Morgan fingerprint density at radius 3 is 2.40 bits per heavy atom. The van der Waals surface area contributed by atoms with Crippen LogP contribution < -0.4 is 0 Å². The summed E-state index contributed by atoms with van der Waals surface area (Å²) in [4.78, 5) is 0. The van der Waals surface area contributed by atoms with E-state index in [0.29, 0.717) is 10.0 Å². The topological polar surface area (TPSA) is 0 Å². The molecule has 1 rings (SSSR count). The zero-order valence-electron chi connectivity index (χ0n) is 4.67. The number of benzene rings is 1. The Morgan fingerprint density at radius 2 is 1.90 bits per heavy atom. The van der Waals surface area contributed by atoms with Crippen molar-refractivity contribution in [2.75, 3.05) is 0 Å². The van der Waals surface area contributed by atoms with Gasteiger partial charge >= 0.3 is 0 Å². The second kappa shape index (κ2) is 3.61. The first-order valence-corrected chi connectivity index (χ1v) is 5.04. The summed E-state index contributed by atoms with van der Waals surface area (Å²) in [5, 5.41) is 1.31. The zero-order valence-corrected chi connectivity index (χ0v) is 9.92. The molecule has 0 atom stereocenters. The molecule has 54 valence electrons. The number of hydrogen-bond acceptors (Lipinski definition) is 0. The van der Waals surface area contributed by atoms with Gasteiger partial charge < -0.3 is 0 Å². The zero-order chi connectivity index (χ0) is 7.72. The van der Waals surface area contributed by atoms with Gasteiger partial charge in [0.15, 0.2) is 0 Å². The van der Waals surface area contributed by atoms with Crippen LogP contribution in [0.15, 0.2) is 16.6 Å². The maximum atomic E-state index is 5.78. The van der Waals surface area contributed by atoms with Crippen molar-refractivity contribution in [1.82, 2.24) is 0 Å². The van der Waals surface area contributed by atoms with E-state index in [4.69, 9.17) is 23.2 Å². The minimum absolute atomic E-state index is 0.650. The minimum atomic E-state index is 0.650. The highest BCUT2D eigenvalue weighted by Gasteiger charge is 2.02. The van der Waals surface area contributed by atoms with E-state index in [-0.39, 0.29) is 0 Å². The van der Waals surface area contributed by atoms with E-state index in [2.05, 4.69) is 38.5 Å². The third kappa shape index (κ3) is 2.00. The first-order chi connectivity index (χ1) is 4.61. The maximum absolute atomic E-state index is 5.78. The molecule has 1 aromatic carbocycles. The largest absolute Gasteiger partial charge is 0.0842 e. The van der Waals surface area contributed by atoms with Crippen LogP contribution in [0.25, 0.3) is 0 Å². The number of rotatable bonds is 0. The van der Waals surface area contributed by atoms with E-state index in [1.807, 2.05) is 6.07 Å². The third-order valence-electron chi connectivity index (χ3n) is 0.949. The fourth-order valence-electron chi connectivity index (χ4n) is 0.525. The molecular weight excluding hydrogens is 350 g/mol. The van der Waals surface area contributed by atoms with Gasteiger partial charge in [-0.25, -0.2) is 0 Å². The summed E-state index contributed by atoms with van der Waals surface area (Å²) in [5.74, 6) is 0. The molecule has 0 saturated heterocycles. The van der Waals surface area contributed by atoms with E-state index in [1.165, 1.54) is 0 Å². The second-order valence-corrected chi connectivity index (χ2v) is 4.48. The Labute approximate surface area is 91.2 Å². The fraction of sp³-hybridized carbons (Fsp3) is 0. The molecule has 0 amide bonds. The number of hydrogen-bond donors (Lipinski definition) is 0. The van der Waals surface area contributed by atoms with Crippen molar-refractivity contribution >= 4 is 61.7 Å². The molecule has 1 aromatic rings. The molecule has 0 nitrogen and oxygen atoms in total. The fourth-order valence-corrected chi connectivity index (χ4v) is 2.22. The van der Waals surface area contributed by atoms with Crippen LogP contribution >= 0.6 is 61.7 Å². The molecule has 0 aliphatic heterocycles. The molecule has 0 heterocycles. The van der Waals surface area contributed by atoms with Crippen LogP contribution in [0.4, 0.5) is 0 Å².